The van der Waals surface area contributed by atoms with Crippen molar-refractivity contribution < 1.29 is 17.9 Å². The summed E-state index contributed by atoms with van der Waals surface area (Å²) in [6, 6.07) is 15.5. The summed E-state index contributed by atoms with van der Waals surface area (Å²) in [5, 5.41) is 4.43. The second-order valence-corrected chi connectivity index (χ2v) is 11.3. The van der Waals surface area contributed by atoms with Crippen molar-refractivity contribution in [1.29, 1.82) is 0 Å². The lowest BCUT2D eigenvalue weighted by Crippen LogP contribution is -2.39. The molecule has 8 heteroatoms. The molecule has 0 saturated heterocycles. The molecule has 0 heterocycles. The van der Waals surface area contributed by atoms with Crippen molar-refractivity contribution in [1.82, 2.24) is 9.73 Å². The van der Waals surface area contributed by atoms with Crippen LogP contribution in [-0.4, -0.2) is 38.0 Å². The average molecular weight is 514 g/mol. The topological polar surface area (TPSA) is 88.1 Å². The van der Waals surface area contributed by atoms with Crippen LogP contribution in [0.25, 0.3) is 0 Å². The number of nitrogens with one attached hydrogen (secondary N) is 1. The van der Waals surface area contributed by atoms with E-state index >= 15 is 0 Å². The van der Waals surface area contributed by atoms with Crippen LogP contribution in [0, 0.1) is 0 Å². The van der Waals surface area contributed by atoms with E-state index in [4.69, 9.17) is 4.74 Å². The van der Waals surface area contributed by atoms with Gasteiger partial charge in [0.1, 0.15) is 5.75 Å². The van der Waals surface area contributed by atoms with Gasteiger partial charge >= 0.3 is 0 Å². The van der Waals surface area contributed by atoms with Gasteiger partial charge in [-0.2, -0.15) is 9.41 Å². The zero-order valence-corrected chi connectivity index (χ0v) is 22.1. The Kier molecular flexibility index (Phi) is 11.4. The second-order valence-electron chi connectivity index (χ2n) is 9.33. The maximum Gasteiger partial charge on any atom is 0.255 e. The van der Waals surface area contributed by atoms with E-state index in [9.17, 15) is 13.2 Å². The molecule has 1 aliphatic carbocycles. The molecule has 0 radical (unpaired) electrons. The zero-order valence-electron chi connectivity index (χ0n) is 21.3. The average Bonchev–Trinajstić information content (AvgIpc) is 2.88. The molecule has 0 atom stereocenters. The summed E-state index contributed by atoms with van der Waals surface area (Å²) in [6.45, 7) is -0.237. The summed E-state index contributed by atoms with van der Waals surface area (Å²) in [6.07, 6.45) is 12.7. The number of carbonyl (C=O) groups excluding carboxylic acids is 1. The van der Waals surface area contributed by atoms with Crippen LogP contribution < -0.4 is 10.2 Å². The van der Waals surface area contributed by atoms with E-state index in [2.05, 4.69) is 10.5 Å². The van der Waals surface area contributed by atoms with Crippen molar-refractivity contribution >= 4 is 21.6 Å². The van der Waals surface area contributed by atoms with E-state index in [1.807, 2.05) is 30.3 Å². The summed E-state index contributed by atoms with van der Waals surface area (Å²) in [4.78, 5) is 13.0. The lowest BCUT2D eigenvalue weighted by atomic mass is 10.00. The SMILES string of the molecule is COc1ccc(S(=O)(=O)N(CC(=O)NN=C2CCCCCCCCCCC2)Cc2ccccc2)cc1. The number of hydrogen-bond donors (Lipinski definition) is 1. The van der Waals surface area contributed by atoms with E-state index in [1.54, 1.807) is 12.1 Å². The minimum Gasteiger partial charge on any atom is -0.497 e. The van der Waals surface area contributed by atoms with Gasteiger partial charge in [0.2, 0.25) is 10.0 Å². The van der Waals surface area contributed by atoms with Crippen LogP contribution in [0.1, 0.15) is 76.2 Å². The number of benzene rings is 2. The number of carbonyl (C=O) groups is 1. The van der Waals surface area contributed by atoms with E-state index in [0.29, 0.717) is 5.75 Å². The lowest BCUT2D eigenvalue weighted by molar-refractivity contribution is -0.121. The highest BCUT2D eigenvalue weighted by molar-refractivity contribution is 7.89. The molecule has 0 bridgehead atoms. The largest absolute Gasteiger partial charge is 0.497 e. The molecule has 0 aliphatic heterocycles. The molecular formula is C28H39N3O4S. The smallest absolute Gasteiger partial charge is 0.255 e. The number of nitrogens with zero attached hydrogens (tertiary/aromatic N) is 2. The number of methoxy groups -OCH3 is 1. The third-order valence-corrected chi connectivity index (χ3v) is 8.29. The Morgan fingerprint density at radius 1 is 0.861 bits per heavy atom. The molecule has 3 rings (SSSR count). The summed E-state index contributed by atoms with van der Waals surface area (Å²) >= 11 is 0. The maximum absolute atomic E-state index is 13.5. The molecule has 2 aromatic rings. The molecule has 1 fully saturated rings. The normalized spacial score (nSPS) is 16.0. The number of ether oxygens (including phenoxy) is 1. The molecule has 0 unspecified atom stereocenters. The van der Waals surface area contributed by atoms with Gasteiger partial charge in [0.25, 0.3) is 5.91 Å². The van der Waals surface area contributed by atoms with Crippen LogP contribution in [0.15, 0.2) is 64.6 Å². The molecule has 1 N–H and O–H groups in total. The standard InChI is InChI=1S/C28H39N3O4S/c1-35-26-18-20-27(21-19-26)36(33,34)31(22-24-14-10-9-11-15-24)23-28(32)30-29-25-16-12-7-5-3-2-4-6-8-13-17-25/h9-11,14-15,18-21H,2-8,12-13,16-17,22-23H2,1H3,(H,30,32). The van der Waals surface area contributed by atoms with E-state index < -0.39 is 15.9 Å². The van der Waals surface area contributed by atoms with Gasteiger partial charge in [-0.15, -0.1) is 0 Å². The van der Waals surface area contributed by atoms with Gasteiger partial charge in [-0.3, -0.25) is 4.79 Å². The summed E-state index contributed by atoms with van der Waals surface area (Å²) in [7, 11) is -2.39. The maximum atomic E-state index is 13.5. The Morgan fingerprint density at radius 3 is 1.97 bits per heavy atom. The molecule has 0 aromatic heterocycles. The van der Waals surface area contributed by atoms with Crippen molar-refractivity contribution in [3.63, 3.8) is 0 Å². The highest BCUT2D eigenvalue weighted by Crippen LogP contribution is 2.21. The highest BCUT2D eigenvalue weighted by atomic mass is 32.2. The Balaban J connectivity index is 1.71. The Bertz CT molecular complexity index is 1060. The highest BCUT2D eigenvalue weighted by Gasteiger charge is 2.27. The Hall–Kier alpha value is -2.71. The minimum absolute atomic E-state index is 0.0825. The predicted molar refractivity (Wildman–Crippen MR) is 143 cm³/mol. The van der Waals surface area contributed by atoms with Gasteiger partial charge in [-0.1, -0.05) is 75.3 Å². The van der Waals surface area contributed by atoms with Crippen LogP contribution in [0.5, 0.6) is 5.75 Å². The third kappa shape index (κ3) is 9.06. The van der Waals surface area contributed by atoms with E-state index in [-0.39, 0.29) is 18.0 Å². The van der Waals surface area contributed by atoms with Gasteiger partial charge in [0.05, 0.1) is 18.6 Å². The van der Waals surface area contributed by atoms with Crippen molar-refractivity contribution in [3.05, 3.63) is 60.2 Å². The van der Waals surface area contributed by atoms with Gasteiger partial charge in [-0.25, -0.2) is 13.8 Å². The molecule has 1 aliphatic rings. The Labute approximate surface area is 216 Å². The van der Waals surface area contributed by atoms with Crippen LogP contribution in [0.4, 0.5) is 0 Å². The second kappa shape index (κ2) is 14.8. The first-order valence-corrected chi connectivity index (χ1v) is 14.5. The summed E-state index contributed by atoms with van der Waals surface area (Å²) in [5.74, 6) is 0.121. The number of hydrazone groups is 1. The molecule has 0 spiro atoms. The summed E-state index contributed by atoms with van der Waals surface area (Å²) < 4.78 is 33.3. The molecule has 196 valence electrons. The fraction of sp³-hybridized carbons (Fsp3) is 0.500. The van der Waals surface area contributed by atoms with Crippen molar-refractivity contribution in [3.8, 4) is 5.75 Å². The molecule has 2 aromatic carbocycles. The van der Waals surface area contributed by atoms with Gasteiger partial charge in [0, 0.05) is 12.3 Å². The molecule has 1 amide bonds. The quantitative estimate of drug-likeness (QED) is 0.461. The van der Waals surface area contributed by atoms with Crippen molar-refractivity contribution in [2.24, 2.45) is 5.10 Å². The molecule has 1 saturated carbocycles. The van der Waals surface area contributed by atoms with E-state index in [0.717, 1.165) is 37.0 Å². The number of amides is 1. The summed E-state index contributed by atoms with van der Waals surface area (Å²) in [5.41, 5.74) is 4.44. The van der Waals surface area contributed by atoms with Gasteiger partial charge in [-0.05, 0) is 55.5 Å². The van der Waals surface area contributed by atoms with Gasteiger partial charge in [0.15, 0.2) is 0 Å². The number of sulfonamides is 1. The van der Waals surface area contributed by atoms with Crippen LogP contribution >= 0.6 is 0 Å². The minimum atomic E-state index is -3.92. The monoisotopic (exact) mass is 513 g/mol. The molecule has 7 nitrogen and oxygen atoms in total. The van der Waals surface area contributed by atoms with Crippen LogP contribution in [0.2, 0.25) is 0 Å². The first-order valence-electron chi connectivity index (χ1n) is 13.0. The third-order valence-electron chi connectivity index (χ3n) is 6.49. The molecule has 36 heavy (non-hydrogen) atoms. The van der Waals surface area contributed by atoms with Crippen LogP contribution in [-0.2, 0) is 21.4 Å². The first-order chi connectivity index (χ1) is 17.5. The first kappa shape index (κ1) is 27.9. The molecular weight excluding hydrogens is 474 g/mol. The Morgan fingerprint density at radius 2 is 1.42 bits per heavy atom. The lowest BCUT2D eigenvalue weighted by Gasteiger charge is -2.22. The van der Waals surface area contributed by atoms with Crippen molar-refractivity contribution in [2.75, 3.05) is 13.7 Å². The fourth-order valence-electron chi connectivity index (χ4n) is 4.38. The predicted octanol–water partition coefficient (Wildman–Crippen LogP) is 5.66. The zero-order chi connectivity index (χ0) is 25.6. The fourth-order valence-corrected chi connectivity index (χ4v) is 5.76. The number of hydrogen-bond acceptors (Lipinski definition) is 5. The number of rotatable bonds is 8. The van der Waals surface area contributed by atoms with Gasteiger partial charge < -0.3 is 4.74 Å². The van der Waals surface area contributed by atoms with Crippen LogP contribution in [0.3, 0.4) is 0 Å². The van der Waals surface area contributed by atoms with E-state index in [1.165, 1.54) is 68.5 Å². The van der Waals surface area contributed by atoms with Crippen molar-refractivity contribution in [2.45, 2.75) is 82.1 Å².